The summed E-state index contributed by atoms with van der Waals surface area (Å²) in [5, 5.41) is 9.62. The Hall–Kier alpha value is -2.25. The highest BCUT2D eigenvalue weighted by molar-refractivity contribution is 6.07. The van der Waals surface area contributed by atoms with E-state index in [-0.39, 0.29) is 30.9 Å². The van der Waals surface area contributed by atoms with Crippen LogP contribution < -0.4 is 4.90 Å². The van der Waals surface area contributed by atoms with E-state index in [9.17, 15) is 14.7 Å². The average Bonchev–Trinajstić information content (AvgIpc) is 3.39. The van der Waals surface area contributed by atoms with Crippen molar-refractivity contribution < 1.29 is 23.8 Å². The average molecular weight is 445 g/mol. The maximum Gasteiger partial charge on any atom is 0.264 e. The Morgan fingerprint density at radius 2 is 2.12 bits per heavy atom. The van der Waals surface area contributed by atoms with Gasteiger partial charge in [-0.25, -0.2) is 4.39 Å². The molecule has 174 valence electrons. The van der Waals surface area contributed by atoms with Crippen molar-refractivity contribution in [2.75, 3.05) is 24.6 Å². The number of aliphatic hydroxyl groups is 1. The highest BCUT2D eigenvalue weighted by atomic mass is 19.1. The molecule has 2 fully saturated rings. The van der Waals surface area contributed by atoms with Gasteiger partial charge in [0, 0.05) is 30.5 Å². The van der Waals surface area contributed by atoms with Crippen LogP contribution in [0.25, 0.3) is 0 Å². The van der Waals surface area contributed by atoms with Gasteiger partial charge in [0.05, 0.1) is 30.9 Å². The number of ether oxygens (including phenoxy) is 1. The molecule has 2 saturated heterocycles. The Morgan fingerprint density at radius 3 is 2.78 bits per heavy atom. The van der Waals surface area contributed by atoms with Crippen LogP contribution in [0, 0.1) is 11.8 Å². The van der Waals surface area contributed by atoms with Gasteiger partial charge in [0.25, 0.3) is 5.91 Å². The van der Waals surface area contributed by atoms with E-state index in [1.54, 1.807) is 15.9 Å². The molecule has 3 aliphatic rings. The highest BCUT2D eigenvalue weighted by Gasteiger charge is 2.66. The molecule has 1 aromatic rings. The standard InChI is InChI=1S/C25H33FN2O4/c1-5-12-28-19-11-7-6-10-18(19)25(23(28)31)16(2)22(24(3,4)26)20(32-25)14-21(30)27-13-8-9-17(27)15-29/h5-7,10-11,16-17,20,22,29H,1,8-9,12-15H2,2-4H3/t16-,17+,20+,22-,25+/m1/s1. The summed E-state index contributed by atoms with van der Waals surface area (Å²) in [4.78, 5) is 30.2. The van der Waals surface area contributed by atoms with E-state index in [2.05, 4.69) is 6.58 Å². The van der Waals surface area contributed by atoms with Gasteiger partial charge in [0.2, 0.25) is 5.91 Å². The number of hydrogen-bond donors (Lipinski definition) is 1. The van der Waals surface area contributed by atoms with Crippen molar-refractivity contribution in [3.63, 3.8) is 0 Å². The van der Waals surface area contributed by atoms with E-state index in [0.717, 1.165) is 24.1 Å². The largest absolute Gasteiger partial charge is 0.394 e. The maximum absolute atomic E-state index is 15.6. The van der Waals surface area contributed by atoms with Crippen LogP contribution in [0.2, 0.25) is 0 Å². The van der Waals surface area contributed by atoms with Crippen LogP contribution in [0.1, 0.15) is 45.6 Å². The minimum absolute atomic E-state index is 0.0164. The van der Waals surface area contributed by atoms with Crippen molar-refractivity contribution >= 4 is 17.5 Å². The molecule has 0 unspecified atom stereocenters. The van der Waals surface area contributed by atoms with Gasteiger partial charge in [-0.3, -0.25) is 9.59 Å². The fourth-order valence-electron chi connectivity index (χ4n) is 6.16. The zero-order valence-electron chi connectivity index (χ0n) is 19.1. The van der Waals surface area contributed by atoms with Crippen LogP contribution in [0.5, 0.6) is 0 Å². The van der Waals surface area contributed by atoms with Gasteiger partial charge in [-0.2, -0.15) is 0 Å². The van der Waals surface area contributed by atoms with Crippen LogP contribution in [0.15, 0.2) is 36.9 Å². The van der Waals surface area contributed by atoms with Crippen molar-refractivity contribution in [1.82, 2.24) is 4.90 Å². The van der Waals surface area contributed by atoms with E-state index >= 15 is 4.39 Å². The molecule has 1 spiro atoms. The lowest BCUT2D eigenvalue weighted by molar-refractivity contribution is -0.150. The predicted molar refractivity (Wildman–Crippen MR) is 120 cm³/mol. The molecular weight excluding hydrogens is 411 g/mol. The summed E-state index contributed by atoms with van der Waals surface area (Å²) in [6.07, 6.45) is 2.49. The quantitative estimate of drug-likeness (QED) is 0.685. The van der Waals surface area contributed by atoms with Crippen molar-refractivity contribution in [1.29, 1.82) is 0 Å². The van der Waals surface area contributed by atoms with Crippen LogP contribution in [0.3, 0.4) is 0 Å². The van der Waals surface area contributed by atoms with Crippen LogP contribution >= 0.6 is 0 Å². The molecule has 4 rings (SSSR count). The van der Waals surface area contributed by atoms with Gasteiger partial charge in [-0.05, 0) is 32.8 Å². The Balaban J connectivity index is 1.72. The second-order valence-electron chi connectivity index (χ2n) is 9.76. The topological polar surface area (TPSA) is 70.1 Å². The second kappa shape index (κ2) is 8.27. The number of aliphatic hydroxyl groups excluding tert-OH is 1. The molecule has 32 heavy (non-hydrogen) atoms. The molecule has 0 saturated carbocycles. The lowest BCUT2D eigenvalue weighted by Crippen LogP contribution is -2.45. The summed E-state index contributed by atoms with van der Waals surface area (Å²) in [6.45, 7) is 9.43. The van der Waals surface area contributed by atoms with Crippen molar-refractivity contribution in [2.45, 2.75) is 63.4 Å². The number of carbonyl (C=O) groups excluding carboxylic acids is 2. The molecule has 3 heterocycles. The van der Waals surface area contributed by atoms with E-state index in [1.807, 2.05) is 31.2 Å². The number of hydrogen-bond acceptors (Lipinski definition) is 4. The van der Waals surface area contributed by atoms with Crippen LogP contribution in [-0.4, -0.2) is 59.3 Å². The zero-order chi connectivity index (χ0) is 23.3. The predicted octanol–water partition coefficient (Wildman–Crippen LogP) is 3.19. The fraction of sp³-hybridized carbons (Fsp3) is 0.600. The number of fused-ring (bicyclic) bond motifs is 2. The summed E-state index contributed by atoms with van der Waals surface area (Å²) >= 11 is 0. The Kier molecular flexibility index (Phi) is 5.92. The second-order valence-corrected chi connectivity index (χ2v) is 9.76. The first-order valence-corrected chi connectivity index (χ1v) is 11.5. The molecule has 5 atom stereocenters. The van der Waals surface area contributed by atoms with Crippen LogP contribution in [0.4, 0.5) is 10.1 Å². The molecule has 2 amide bonds. The molecule has 6 nitrogen and oxygen atoms in total. The SMILES string of the molecule is C=CCN1C(=O)[C@@]2(O[C@@H](CC(=O)N3CCC[C@H]3CO)[C@H](C(C)(C)F)[C@H]2C)c2ccccc21. The minimum Gasteiger partial charge on any atom is -0.394 e. The fourth-order valence-corrected chi connectivity index (χ4v) is 6.16. The third kappa shape index (κ3) is 3.37. The molecule has 7 heteroatoms. The molecule has 0 radical (unpaired) electrons. The Bertz CT molecular complexity index is 913. The van der Waals surface area contributed by atoms with E-state index < -0.39 is 29.2 Å². The van der Waals surface area contributed by atoms with E-state index in [1.165, 1.54) is 13.8 Å². The summed E-state index contributed by atoms with van der Waals surface area (Å²) in [5.74, 6) is -1.52. The zero-order valence-corrected chi connectivity index (χ0v) is 19.1. The lowest BCUT2D eigenvalue weighted by Gasteiger charge is -2.32. The van der Waals surface area contributed by atoms with Gasteiger partial charge in [0.15, 0.2) is 5.60 Å². The number of rotatable bonds is 6. The first kappa shape index (κ1) is 22.9. The number of carbonyl (C=O) groups is 2. The molecule has 0 aliphatic carbocycles. The molecular formula is C25H33FN2O4. The normalized spacial score (nSPS) is 32.1. The Labute approximate surface area is 189 Å². The van der Waals surface area contributed by atoms with Gasteiger partial charge in [-0.1, -0.05) is 31.2 Å². The number of para-hydroxylation sites is 1. The monoisotopic (exact) mass is 444 g/mol. The minimum atomic E-state index is -1.66. The van der Waals surface area contributed by atoms with Gasteiger partial charge in [0.1, 0.15) is 5.67 Å². The van der Waals surface area contributed by atoms with Gasteiger partial charge < -0.3 is 19.6 Å². The van der Waals surface area contributed by atoms with Gasteiger partial charge in [-0.15, -0.1) is 6.58 Å². The number of likely N-dealkylation sites (tertiary alicyclic amines) is 1. The maximum atomic E-state index is 15.6. The van der Waals surface area contributed by atoms with Crippen molar-refractivity contribution in [3.05, 3.63) is 42.5 Å². The number of anilines is 1. The molecule has 3 aliphatic heterocycles. The van der Waals surface area contributed by atoms with E-state index in [0.29, 0.717) is 13.1 Å². The third-order valence-electron chi connectivity index (χ3n) is 7.46. The van der Waals surface area contributed by atoms with E-state index in [4.69, 9.17) is 4.74 Å². The smallest absolute Gasteiger partial charge is 0.264 e. The number of nitrogens with zero attached hydrogens (tertiary/aromatic N) is 2. The third-order valence-corrected chi connectivity index (χ3v) is 7.46. The van der Waals surface area contributed by atoms with Gasteiger partial charge >= 0.3 is 0 Å². The van der Waals surface area contributed by atoms with Crippen molar-refractivity contribution in [2.24, 2.45) is 11.8 Å². The molecule has 0 bridgehead atoms. The summed E-state index contributed by atoms with van der Waals surface area (Å²) in [5.41, 5.74) is -1.53. The molecule has 0 aromatic heterocycles. The lowest BCUT2D eigenvalue weighted by atomic mass is 9.71. The highest BCUT2D eigenvalue weighted by Crippen LogP contribution is 2.58. The number of halogens is 1. The molecule has 1 aromatic carbocycles. The first-order chi connectivity index (χ1) is 15.2. The summed E-state index contributed by atoms with van der Waals surface area (Å²) < 4.78 is 22.1. The van der Waals surface area contributed by atoms with Crippen LogP contribution in [-0.2, 0) is 19.9 Å². The number of benzene rings is 1. The Morgan fingerprint density at radius 1 is 1.41 bits per heavy atom. The number of alkyl halides is 1. The first-order valence-electron chi connectivity index (χ1n) is 11.5. The molecule has 1 N–H and O–H groups in total. The number of amides is 2. The summed E-state index contributed by atoms with van der Waals surface area (Å²) in [6, 6.07) is 7.24. The van der Waals surface area contributed by atoms with Crippen molar-refractivity contribution in [3.8, 4) is 0 Å². The summed E-state index contributed by atoms with van der Waals surface area (Å²) in [7, 11) is 0.